The largest absolute Gasteiger partial charge is 0.508 e. The zero-order valence-corrected chi connectivity index (χ0v) is 9.61. The Morgan fingerprint density at radius 2 is 2.31 bits per heavy atom. The first kappa shape index (κ1) is 11.0. The molecule has 1 aromatic carbocycles. The number of likely N-dealkylation sites (N-methyl/N-ethyl adjacent to an activating group) is 1. The fraction of sp³-hybridized carbons (Fsp3) is 0.429. The summed E-state index contributed by atoms with van der Waals surface area (Å²) < 4.78 is 0. The fourth-order valence-corrected chi connectivity index (χ4v) is 2.37. The number of benzene rings is 1. The second-order valence-corrected chi connectivity index (χ2v) is 4.47. The lowest BCUT2D eigenvalue weighted by atomic mass is 9.87. The number of fused-ring (bicyclic) bond motifs is 1. The Morgan fingerprint density at radius 1 is 1.50 bits per heavy atom. The second-order valence-electron chi connectivity index (χ2n) is 4.47. The highest BCUT2D eigenvalue weighted by molar-refractivity contribution is 5.37. The van der Waals surface area contributed by atoms with E-state index in [1.807, 2.05) is 12.1 Å². The molecule has 0 amide bonds. The van der Waals surface area contributed by atoms with Crippen LogP contribution in [0.25, 0.3) is 0 Å². The highest BCUT2D eigenvalue weighted by Crippen LogP contribution is 2.26. The summed E-state index contributed by atoms with van der Waals surface area (Å²) in [5.41, 5.74) is 2.63. The van der Waals surface area contributed by atoms with Crippen molar-refractivity contribution in [1.82, 2.24) is 4.90 Å². The number of hydrogen-bond acceptors (Lipinski definition) is 2. The molecular weight excluding hydrogens is 198 g/mol. The van der Waals surface area contributed by atoms with Gasteiger partial charge in [0.25, 0.3) is 0 Å². The van der Waals surface area contributed by atoms with E-state index < -0.39 is 0 Å². The number of aromatic hydroxyl groups is 1. The van der Waals surface area contributed by atoms with Crippen LogP contribution in [-0.2, 0) is 12.8 Å². The molecule has 0 saturated carbocycles. The molecule has 0 aliphatic heterocycles. The van der Waals surface area contributed by atoms with E-state index in [0.29, 0.717) is 18.3 Å². The quantitative estimate of drug-likeness (QED) is 0.761. The predicted octanol–water partition coefficient (Wildman–Crippen LogP) is 1.81. The molecule has 1 aliphatic rings. The van der Waals surface area contributed by atoms with Crippen molar-refractivity contribution in [2.24, 2.45) is 0 Å². The van der Waals surface area contributed by atoms with Gasteiger partial charge in [0.1, 0.15) is 5.75 Å². The lowest BCUT2D eigenvalue weighted by Gasteiger charge is -2.31. The predicted molar refractivity (Wildman–Crippen MR) is 65.4 cm³/mol. The highest BCUT2D eigenvalue weighted by atomic mass is 16.3. The average Bonchev–Trinajstić information content (AvgIpc) is 2.28. The summed E-state index contributed by atoms with van der Waals surface area (Å²) in [7, 11) is 2.07. The van der Waals surface area contributed by atoms with Crippen LogP contribution in [0.3, 0.4) is 0 Å². The summed E-state index contributed by atoms with van der Waals surface area (Å²) >= 11 is 0. The van der Waals surface area contributed by atoms with Crippen LogP contribution in [0.1, 0.15) is 17.5 Å². The minimum Gasteiger partial charge on any atom is -0.508 e. The fourth-order valence-electron chi connectivity index (χ4n) is 2.37. The van der Waals surface area contributed by atoms with Crippen molar-refractivity contribution in [3.05, 3.63) is 29.3 Å². The van der Waals surface area contributed by atoms with Gasteiger partial charge in [-0.25, -0.2) is 0 Å². The average molecular weight is 215 g/mol. The topological polar surface area (TPSA) is 23.5 Å². The van der Waals surface area contributed by atoms with Crippen molar-refractivity contribution in [2.75, 3.05) is 13.6 Å². The third kappa shape index (κ3) is 2.20. The number of phenolic OH excluding ortho intramolecular Hbond substituents is 1. The molecule has 16 heavy (non-hydrogen) atoms. The maximum atomic E-state index is 9.47. The van der Waals surface area contributed by atoms with E-state index in [4.69, 9.17) is 6.42 Å². The van der Waals surface area contributed by atoms with Gasteiger partial charge in [0, 0.05) is 6.04 Å². The van der Waals surface area contributed by atoms with Gasteiger partial charge in [-0.3, -0.25) is 4.90 Å². The van der Waals surface area contributed by atoms with Crippen LogP contribution in [0, 0.1) is 12.3 Å². The van der Waals surface area contributed by atoms with E-state index in [1.165, 1.54) is 11.1 Å². The maximum absolute atomic E-state index is 9.47. The number of rotatable bonds is 2. The van der Waals surface area contributed by atoms with E-state index in [2.05, 4.69) is 17.9 Å². The van der Waals surface area contributed by atoms with Gasteiger partial charge < -0.3 is 5.11 Å². The van der Waals surface area contributed by atoms with Crippen molar-refractivity contribution >= 4 is 0 Å². The van der Waals surface area contributed by atoms with E-state index in [1.54, 1.807) is 6.07 Å². The van der Waals surface area contributed by atoms with E-state index in [9.17, 15) is 5.11 Å². The Bertz CT molecular complexity index is 419. The van der Waals surface area contributed by atoms with Crippen LogP contribution in [0.4, 0.5) is 0 Å². The van der Waals surface area contributed by atoms with Crippen molar-refractivity contribution in [1.29, 1.82) is 0 Å². The summed E-state index contributed by atoms with van der Waals surface area (Å²) in [6.07, 6.45) is 8.54. The normalized spacial score (nSPS) is 19.2. The molecule has 0 spiro atoms. The Balaban J connectivity index is 2.14. The third-order valence-electron chi connectivity index (χ3n) is 3.36. The van der Waals surface area contributed by atoms with E-state index in [0.717, 1.165) is 19.3 Å². The minimum atomic E-state index is 0.360. The van der Waals surface area contributed by atoms with Gasteiger partial charge in [-0.05, 0) is 49.6 Å². The van der Waals surface area contributed by atoms with Crippen LogP contribution < -0.4 is 0 Å². The molecule has 84 valence electrons. The summed E-state index contributed by atoms with van der Waals surface area (Å²) in [5, 5.41) is 9.47. The Labute approximate surface area is 96.9 Å². The monoisotopic (exact) mass is 215 g/mol. The SMILES string of the molecule is C#CCN(C)C1CCc2ccc(O)cc2C1. The molecule has 2 heteroatoms. The zero-order valence-electron chi connectivity index (χ0n) is 9.61. The number of nitrogens with zero attached hydrogens (tertiary/aromatic N) is 1. The summed E-state index contributed by atoms with van der Waals surface area (Å²) in [6.45, 7) is 0.693. The molecular formula is C14H17NO. The number of phenols is 1. The lowest BCUT2D eigenvalue weighted by molar-refractivity contribution is 0.247. The Morgan fingerprint density at radius 3 is 3.06 bits per heavy atom. The smallest absolute Gasteiger partial charge is 0.115 e. The van der Waals surface area contributed by atoms with Crippen molar-refractivity contribution in [3.63, 3.8) is 0 Å². The molecule has 0 radical (unpaired) electrons. The van der Waals surface area contributed by atoms with Gasteiger partial charge in [0.2, 0.25) is 0 Å². The zero-order chi connectivity index (χ0) is 11.5. The summed E-state index contributed by atoms with van der Waals surface area (Å²) in [4.78, 5) is 2.22. The molecule has 0 heterocycles. The summed E-state index contributed by atoms with van der Waals surface area (Å²) in [6, 6.07) is 6.18. The third-order valence-corrected chi connectivity index (χ3v) is 3.36. The first-order chi connectivity index (χ1) is 7.70. The van der Waals surface area contributed by atoms with E-state index >= 15 is 0 Å². The van der Waals surface area contributed by atoms with Gasteiger partial charge in [-0.1, -0.05) is 12.0 Å². The van der Waals surface area contributed by atoms with Crippen molar-refractivity contribution in [2.45, 2.75) is 25.3 Å². The molecule has 2 nitrogen and oxygen atoms in total. The van der Waals surface area contributed by atoms with Crippen molar-refractivity contribution < 1.29 is 5.11 Å². The molecule has 1 N–H and O–H groups in total. The van der Waals surface area contributed by atoms with E-state index in [-0.39, 0.29) is 0 Å². The molecule has 0 fully saturated rings. The van der Waals surface area contributed by atoms with Crippen molar-refractivity contribution in [3.8, 4) is 18.1 Å². The number of terminal acetylenes is 1. The Hall–Kier alpha value is -1.46. The van der Waals surface area contributed by atoms with Gasteiger partial charge in [-0.15, -0.1) is 6.42 Å². The van der Waals surface area contributed by atoms with Gasteiger partial charge in [-0.2, -0.15) is 0 Å². The standard InChI is InChI=1S/C14H17NO/c1-3-8-15(2)13-6-4-11-5-7-14(16)10-12(11)9-13/h1,5,7,10,13,16H,4,6,8-9H2,2H3. The molecule has 2 rings (SSSR count). The molecule has 0 bridgehead atoms. The minimum absolute atomic E-state index is 0.360. The lowest BCUT2D eigenvalue weighted by Crippen LogP contribution is -2.36. The number of hydrogen-bond donors (Lipinski definition) is 1. The molecule has 1 aliphatic carbocycles. The van der Waals surface area contributed by atoms with Crippen LogP contribution in [0.5, 0.6) is 5.75 Å². The number of aryl methyl sites for hydroxylation is 1. The maximum Gasteiger partial charge on any atom is 0.115 e. The molecule has 1 atom stereocenters. The molecule has 0 aromatic heterocycles. The molecule has 0 saturated heterocycles. The summed E-state index contributed by atoms with van der Waals surface area (Å²) in [5.74, 6) is 3.04. The van der Waals surface area contributed by atoms with Gasteiger partial charge >= 0.3 is 0 Å². The van der Waals surface area contributed by atoms with Crippen LogP contribution >= 0.6 is 0 Å². The van der Waals surface area contributed by atoms with Crippen LogP contribution in [-0.4, -0.2) is 29.6 Å². The van der Waals surface area contributed by atoms with Crippen LogP contribution in [0.2, 0.25) is 0 Å². The molecule has 1 unspecified atom stereocenters. The second kappa shape index (κ2) is 4.59. The van der Waals surface area contributed by atoms with Gasteiger partial charge in [0.05, 0.1) is 6.54 Å². The Kier molecular flexibility index (Phi) is 3.17. The molecule has 1 aromatic rings. The van der Waals surface area contributed by atoms with Gasteiger partial charge in [0.15, 0.2) is 0 Å². The first-order valence-electron chi connectivity index (χ1n) is 5.65. The first-order valence-corrected chi connectivity index (χ1v) is 5.65. The highest BCUT2D eigenvalue weighted by Gasteiger charge is 2.21. The van der Waals surface area contributed by atoms with Crippen LogP contribution in [0.15, 0.2) is 18.2 Å².